The largest absolute Gasteiger partial charge is 0.398 e. The third kappa shape index (κ3) is 1.95. The lowest BCUT2D eigenvalue weighted by molar-refractivity contribution is 1.09. The molecule has 1 rings (SSSR count). The second-order valence-corrected chi connectivity index (χ2v) is 3.77. The predicted molar refractivity (Wildman–Crippen MR) is 57.6 cm³/mol. The van der Waals surface area contributed by atoms with Gasteiger partial charge in [0.25, 0.3) is 0 Å². The number of benzene rings is 1. The summed E-state index contributed by atoms with van der Waals surface area (Å²) in [6.45, 7) is 4.15. The summed E-state index contributed by atoms with van der Waals surface area (Å²) in [5.74, 6) is 0. The number of rotatable bonds is 2. The summed E-state index contributed by atoms with van der Waals surface area (Å²) >= 11 is 4.34. The van der Waals surface area contributed by atoms with Crippen LogP contribution >= 0.6 is 12.6 Å². The van der Waals surface area contributed by atoms with Crippen LogP contribution in [-0.4, -0.2) is 0 Å². The Labute approximate surface area is 79.4 Å². The maximum atomic E-state index is 5.85. The Balaban J connectivity index is 3.03. The molecule has 2 heteroatoms. The molecule has 0 heterocycles. The molecule has 1 aromatic rings. The average Bonchev–Trinajstić information content (AvgIpc) is 2.03. The molecule has 66 valence electrons. The lowest BCUT2D eigenvalue weighted by Crippen LogP contribution is -1.96. The standard InChI is InChI=1S/C10H15NS/c1-3-8-4-5-9(7(2)12)10(11)6-8/h4-7,12H,3,11H2,1-2H3. The van der Waals surface area contributed by atoms with Gasteiger partial charge in [-0.25, -0.2) is 0 Å². The van der Waals surface area contributed by atoms with Crippen LogP contribution in [0.4, 0.5) is 5.69 Å². The van der Waals surface area contributed by atoms with E-state index in [4.69, 9.17) is 5.73 Å². The van der Waals surface area contributed by atoms with E-state index in [-0.39, 0.29) is 5.25 Å². The molecule has 0 aliphatic heterocycles. The number of nitrogens with two attached hydrogens (primary N) is 1. The van der Waals surface area contributed by atoms with E-state index < -0.39 is 0 Å². The van der Waals surface area contributed by atoms with Crippen LogP contribution < -0.4 is 5.73 Å². The van der Waals surface area contributed by atoms with Gasteiger partial charge in [-0.05, 0) is 30.5 Å². The summed E-state index contributed by atoms with van der Waals surface area (Å²) in [7, 11) is 0. The molecule has 0 fully saturated rings. The number of hydrogen-bond donors (Lipinski definition) is 2. The third-order valence-electron chi connectivity index (χ3n) is 2.01. The highest BCUT2D eigenvalue weighted by Gasteiger charge is 2.03. The molecule has 1 nitrogen and oxygen atoms in total. The van der Waals surface area contributed by atoms with Gasteiger partial charge >= 0.3 is 0 Å². The van der Waals surface area contributed by atoms with Crippen molar-refractivity contribution in [2.75, 3.05) is 5.73 Å². The highest BCUT2D eigenvalue weighted by molar-refractivity contribution is 7.80. The second-order valence-electron chi connectivity index (χ2n) is 2.99. The van der Waals surface area contributed by atoms with Gasteiger partial charge in [0, 0.05) is 10.9 Å². The fourth-order valence-electron chi connectivity index (χ4n) is 1.22. The number of hydrogen-bond acceptors (Lipinski definition) is 2. The summed E-state index contributed by atoms with van der Waals surface area (Å²) in [6, 6.07) is 6.20. The zero-order valence-corrected chi connectivity index (χ0v) is 8.44. The molecule has 0 aliphatic carbocycles. The fraction of sp³-hybridized carbons (Fsp3) is 0.400. The summed E-state index contributed by atoms with van der Waals surface area (Å²) in [5, 5.41) is 0.218. The molecule has 0 bridgehead atoms. The molecule has 0 aliphatic rings. The van der Waals surface area contributed by atoms with Gasteiger partial charge in [0.1, 0.15) is 0 Å². The van der Waals surface area contributed by atoms with E-state index in [2.05, 4.69) is 31.7 Å². The van der Waals surface area contributed by atoms with Gasteiger partial charge in [0.15, 0.2) is 0 Å². The van der Waals surface area contributed by atoms with Crippen LogP contribution in [0.3, 0.4) is 0 Å². The van der Waals surface area contributed by atoms with E-state index in [1.165, 1.54) is 5.56 Å². The summed E-state index contributed by atoms with van der Waals surface area (Å²) in [6.07, 6.45) is 1.03. The molecule has 12 heavy (non-hydrogen) atoms. The van der Waals surface area contributed by atoms with Crippen molar-refractivity contribution in [2.24, 2.45) is 0 Å². The minimum Gasteiger partial charge on any atom is -0.398 e. The van der Waals surface area contributed by atoms with Crippen molar-refractivity contribution in [1.29, 1.82) is 0 Å². The van der Waals surface area contributed by atoms with Crippen molar-refractivity contribution < 1.29 is 0 Å². The maximum Gasteiger partial charge on any atom is 0.0360 e. The van der Waals surface area contributed by atoms with Crippen LogP contribution in [0, 0.1) is 0 Å². The van der Waals surface area contributed by atoms with Gasteiger partial charge in [-0.1, -0.05) is 19.1 Å². The highest BCUT2D eigenvalue weighted by Crippen LogP contribution is 2.25. The minimum atomic E-state index is 0.218. The van der Waals surface area contributed by atoms with Crippen molar-refractivity contribution in [3.8, 4) is 0 Å². The number of anilines is 1. The topological polar surface area (TPSA) is 26.0 Å². The van der Waals surface area contributed by atoms with E-state index >= 15 is 0 Å². The van der Waals surface area contributed by atoms with E-state index in [1.54, 1.807) is 0 Å². The third-order valence-corrected chi connectivity index (χ3v) is 2.29. The molecular formula is C10H15NS. The molecular weight excluding hydrogens is 166 g/mol. The summed E-state index contributed by atoms with van der Waals surface area (Å²) in [5.41, 5.74) is 9.11. The van der Waals surface area contributed by atoms with E-state index in [9.17, 15) is 0 Å². The van der Waals surface area contributed by atoms with Crippen LogP contribution in [0.25, 0.3) is 0 Å². The normalized spacial score (nSPS) is 12.9. The highest BCUT2D eigenvalue weighted by atomic mass is 32.1. The SMILES string of the molecule is CCc1ccc(C(C)S)c(N)c1. The Morgan fingerprint density at radius 3 is 2.58 bits per heavy atom. The smallest absolute Gasteiger partial charge is 0.0360 e. The Morgan fingerprint density at radius 1 is 1.50 bits per heavy atom. The van der Waals surface area contributed by atoms with Crippen LogP contribution in [0.15, 0.2) is 18.2 Å². The fourth-order valence-corrected chi connectivity index (χ4v) is 1.46. The van der Waals surface area contributed by atoms with Gasteiger partial charge in [-0.2, -0.15) is 12.6 Å². The molecule has 1 atom stereocenters. The van der Waals surface area contributed by atoms with E-state index in [0.29, 0.717) is 0 Å². The first-order valence-corrected chi connectivity index (χ1v) is 4.73. The van der Waals surface area contributed by atoms with Gasteiger partial charge < -0.3 is 5.73 Å². The maximum absolute atomic E-state index is 5.85. The van der Waals surface area contributed by atoms with Crippen molar-refractivity contribution >= 4 is 18.3 Å². The number of nitrogen functional groups attached to an aromatic ring is 1. The van der Waals surface area contributed by atoms with Gasteiger partial charge in [-0.3, -0.25) is 0 Å². The van der Waals surface area contributed by atoms with Gasteiger partial charge in [-0.15, -0.1) is 0 Å². The monoisotopic (exact) mass is 181 g/mol. The Morgan fingerprint density at radius 2 is 2.17 bits per heavy atom. The lowest BCUT2D eigenvalue weighted by Gasteiger charge is -2.09. The molecule has 0 aromatic heterocycles. The first-order valence-electron chi connectivity index (χ1n) is 4.21. The molecule has 0 saturated heterocycles. The van der Waals surface area contributed by atoms with Crippen LogP contribution in [0.1, 0.15) is 30.2 Å². The number of thiol groups is 1. The van der Waals surface area contributed by atoms with Crippen molar-refractivity contribution in [1.82, 2.24) is 0 Å². The number of aryl methyl sites for hydroxylation is 1. The van der Waals surface area contributed by atoms with Crippen molar-refractivity contribution in [3.05, 3.63) is 29.3 Å². The summed E-state index contributed by atoms with van der Waals surface area (Å²) in [4.78, 5) is 0. The van der Waals surface area contributed by atoms with Crippen molar-refractivity contribution in [2.45, 2.75) is 25.5 Å². The van der Waals surface area contributed by atoms with Crippen LogP contribution in [0.5, 0.6) is 0 Å². The zero-order chi connectivity index (χ0) is 9.14. The second kappa shape index (κ2) is 3.85. The molecule has 1 aromatic carbocycles. The van der Waals surface area contributed by atoms with E-state index in [0.717, 1.165) is 17.7 Å². The van der Waals surface area contributed by atoms with Crippen LogP contribution in [0.2, 0.25) is 0 Å². The summed E-state index contributed by atoms with van der Waals surface area (Å²) < 4.78 is 0. The molecule has 2 N–H and O–H groups in total. The minimum absolute atomic E-state index is 0.218. The Bertz CT molecular complexity index is 269. The first kappa shape index (κ1) is 9.46. The first-order chi connectivity index (χ1) is 5.65. The Kier molecular flexibility index (Phi) is 3.04. The Hall–Kier alpha value is -0.630. The van der Waals surface area contributed by atoms with E-state index in [1.807, 2.05) is 13.0 Å². The van der Waals surface area contributed by atoms with Gasteiger partial charge in [0.2, 0.25) is 0 Å². The van der Waals surface area contributed by atoms with Gasteiger partial charge in [0.05, 0.1) is 0 Å². The molecule has 0 amide bonds. The zero-order valence-electron chi connectivity index (χ0n) is 7.54. The molecule has 1 unspecified atom stereocenters. The van der Waals surface area contributed by atoms with Crippen molar-refractivity contribution in [3.63, 3.8) is 0 Å². The molecule has 0 radical (unpaired) electrons. The lowest BCUT2D eigenvalue weighted by atomic mass is 10.1. The average molecular weight is 181 g/mol. The predicted octanol–water partition coefficient (Wildman–Crippen LogP) is 2.82. The molecule has 0 saturated carbocycles. The molecule has 0 spiro atoms. The quantitative estimate of drug-likeness (QED) is 0.532. The van der Waals surface area contributed by atoms with Crippen LogP contribution in [-0.2, 0) is 6.42 Å².